The van der Waals surface area contributed by atoms with Gasteiger partial charge in [0.05, 0.1) is 0 Å². The standard InChI is InChI=1S/C14H24N2/c1-5-11(3)14(4,6-2)16-13-9-7-12(15)8-10-13/h7-11,16H,5-6,15H2,1-4H3. The van der Waals surface area contributed by atoms with E-state index in [9.17, 15) is 0 Å². The molecule has 0 radical (unpaired) electrons. The predicted octanol–water partition coefficient (Wildman–Crippen LogP) is 3.90. The van der Waals surface area contributed by atoms with E-state index in [1.165, 1.54) is 6.42 Å². The van der Waals surface area contributed by atoms with Gasteiger partial charge < -0.3 is 11.1 Å². The molecule has 0 bridgehead atoms. The molecular formula is C14H24N2. The van der Waals surface area contributed by atoms with Crippen LogP contribution < -0.4 is 11.1 Å². The summed E-state index contributed by atoms with van der Waals surface area (Å²) in [7, 11) is 0. The zero-order valence-corrected chi connectivity index (χ0v) is 10.9. The highest BCUT2D eigenvalue weighted by molar-refractivity contribution is 5.52. The molecule has 0 aliphatic rings. The van der Waals surface area contributed by atoms with Crippen LogP contribution in [0.1, 0.15) is 40.5 Å². The summed E-state index contributed by atoms with van der Waals surface area (Å²) in [5, 5.41) is 3.63. The minimum absolute atomic E-state index is 0.158. The molecule has 16 heavy (non-hydrogen) atoms. The zero-order valence-electron chi connectivity index (χ0n) is 10.9. The molecule has 1 rings (SSSR count). The molecule has 2 heteroatoms. The Morgan fingerprint density at radius 2 is 1.81 bits per heavy atom. The van der Waals surface area contributed by atoms with Crippen molar-refractivity contribution in [1.29, 1.82) is 0 Å². The number of nitrogens with one attached hydrogen (secondary N) is 1. The first-order valence-electron chi connectivity index (χ1n) is 6.15. The summed E-state index contributed by atoms with van der Waals surface area (Å²) < 4.78 is 0. The van der Waals surface area contributed by atoms with Crippen LogP contribution in [0.15, 0.2) is 24.3 Å². The smallest absolute Gasteiger partial charge is 0.0368 e. The molecule has 0 fully saturated rings. The Hall–Kier alpha value is -1.18. The predicted molar refractivity (Wildman–Crippen MR) is 72.6 cm³/mol. The van der Waals surface area contributed by atoms with Gasteiger partial charge in [-0.15, -0.1) is 0 Å². The van der Waals surface area contributed by atoms with E-state index in [2.05, 4.69) is 33.0 Å². The van der Waals surface area contributed by atoms with Crippen molar-refractivity contribution in [2.75, 3.05) is 11.1 Å². The fraction of sp³-hybridized carbons (Fsp3) is 0.571. The number of anilines is 2. The highest BCUT2D eigenvalue weighted by Gasteiger charge is 2.27. The number of hydrogen-bond donors (Lipinski definition) is 2. The molecule has 0 saturated carbocycles. The Bertz CT molecular complexity index is 318. The molecule has 90 valence electrons. The molecule has 3 N–H and O–H groups in total. The Balaban J connectivity index is 2.80. The second-order valence-electron chi connectivity index (χ2n) is 4.83. The van der Waals surface area contributed by atoms with Gasteiger partial charge in [0.25, 0.3) is 0 Å². The fourth-order valence-corrected chi connectivity index (χ4v) is 1.91. The van der Waals surface area contributed by atoms with E-state index < -0.39 is 0 Å². The van der Waals surface area contributed by atoms with E-state index in [1.54, 1.807) is 0 Å². The van der Waals surface area contributed by atoms with Crippen LogP contribution in [0.3, 0.4) is 0 Å². The lowest BCUT2D eigenvalue weighted by Gasteiger charge is -2.36. The van der Waals surface area contributed by atoms with Gasteiger partial charge >= 0.3 is 0 Å². The van der Waals surface area contributed by atoms with Crippen LogP contribution in [0, 0.1) is 5.92 Å². The topological polar surface area (TPSA) is 38.0 Å². The maximum atomic E-state index is 5.68. The van der Waals surface area contributed by atoms with Crippen LogP contribution in [0.25, 0.3) is 0 Å². The summed E-state index contributed by atoms with van der Waals surface area (Å²) in [4.78, 5) is 0. The van der Waals surface area contributed by atoms with Crippen molar-refractivity contribution in [2.45, 2.75) is 46.1 Å². The van der Waals surface area contributed by atoms with Crippen molar-refractivity contribution < 1.29 is 0 Å². The molecular weight excluding hydrogens is 196 g/mol. The van der Waals surface area contributed by atoms with Gasteiger partial charge in [-0.3, -0.25) is 0 Å². The minimum Gasteiger partial charge on any atom is -0.399 e. The maximum absolute atomic E-state index is 5.68. The zero-order chi connectivity index (χ0) is 12.2. The number of rotatable bonds is 5. The molecule has 2 unspecified atom stereocenters. The number of hydrogen-bond acceptors (Lipinski definition) is 2. The molecule has 1 aromatic carbocycles. The van der Waals surface area contributed by atoms with Crippen LogP contribution in [0.2, 0.25) is 0 Å². The third kappa shape index (κ3) is 2.91. The summed E-state index contributed by atoms with van der Waals surface area (Å²) in [5.41, 5.74) is 7.80. The van der Waals surface area contributed by atoms with Gasteiger partial charge in [0.15, 0.2) is 0 Å². The second-order valence-corrected chi connectivity index (χ2v) is 4.83. The summed E-state index contributed by atoms with van der Waals surface area (Å²) in [6, 6.07) is 7.97. The molecule has 0 saturated heterocycles. The highest BCUT2D eigenvalue weighted by atomic mass is 15.0. The van der Waals surface area contributed by atoms with E-state index in [0.29, 0.717) is 5.92 Å². The van der Waals surface area contributed by atoms with Crippen LogP contribution >= 0.6 is 0 Å². The van der Waals surface area contributed by atoms with Gasteiger partial charge in [-0.05, 0) is 43.5 Å². The Morgan fingerprint density at radius 1 is 1.25 bits per heavy atom. The Kier molecular flexibility index (Phi) is 4.22. The van der Waals surface area contributed by atoms with Crippen molar-refractivity contribution >= 4 is 11.4 Å². The van der Waals surface area contributed by atoms with E-state index >= 15 is 0 Å². The van der Waals surface area contributed by atoms with E-state index in [0.717, 1.165) is 17.8 Å². The van der Waals surface area contributed by atoms with Crippen molar-refractivity contribution in [1.82, 2.24) is 0 Å². The van der Waals surface area contributed by atoms with Gasteiger partial charge in [-0.25, -0.2) is 0 Å². The third-order valence-corrected chi connectivity index (χ3v) is 3.78. The SMILES string of the molecule is CCC(C)C(C)(CC)Nc1ccc(N)cc1. The third-order valence-electron chi connectivity index (χ3n) is 3.78. The fourth-order valence-electron chi connectivity index (χ4n) is 1.91. The number of nitrogen functional groups attached to an aromatic ring is 1. The van der Waals surface area contributed by atoms with Gasteiger partial charge in [-0.1, -0.05) is 27.2 Å². The first kappa shape index (κ1) is 12.9. The monoisotopic (exact) mass is 220 g/mol. The summed E-state index contributed by atoms with van der Waals surface area (Å²) in [6.45, 7) is 9.06. The lowest BCUT2D eigenvalue weighted by Crippen LogP contribution is -2.40. The van der Waals surface area contributed by atoms with Gasteiger partial charge in [0.1, 0.15) is 0 Å². The van der Waals surface area contributed by atoms with Gasteiger partial charge in [0, 0.05) is 16.9 Å². The van der Waals surface area contributed by atoms with Crippen LogP contribution in [0.4, 0.5) is 11.4 Å². The molecule has 0 aliphatic carbocycles. The maximum Gasteiger partial charge on any atom is 0.0368 e. The van der Waals surface area contributed by atoms with Gasteiger partial charge in [0.2, 0.25) is 0 Å². The summed E-state index contributed by atoms with van der Waals surface area (Å²) in [5.74, 6) is 0.648. The minimum atomic E-state index is 0.158. The second kappa shape index (κ2) is 5.24. The average molecular weight is 220 g/mol. The summed E-state index contributed by atoms with van der Waals surface area (Å²) in [6.07, 6.45) is 2.30. The van der Waals surface area contributed by atoms with E-state index in [4.69, 9.17) is 5.73 Å². The van der Waals surface area contributed by atoms with Crippen molar-refractivity contribution in [3.63, 3.8) is 0 Å². The summed E-state index contributed by atoms with van der Waals surface area (Å²) >= 11 is 0. The molecule has 0 amide bonds. The lowest BCUT2D eigenvalue weighted by molar-refractivity contribution is 0.328. The molecule has 2 nitrogen and oxygen atoms in total. The van der Waals surface area contributed by atoms with Crippen molar-refractivity contribution in [3.8, 4) is 0 Å². The Morgan fingerprint density at radius 3 is 2.25 bits per heavy atom. The average Bonchev–Trinajstić information content (AvgIpc) is 2.31. The normalized spacial score (nSPS) is 16.5. The Labute approximate surface area is 99.2 Å². The number of benzene rings is 1. The van der Waals surface area contributed by atoms with E-state index in [-0.39, 0.29) is 5.54 Å². The quantitative estimate of drug-likeness (QED) is 0.739. The molecule has 0 heterocycles. The van der Waals surface area contributed by atoms with E-state index in [1.807, 2.05) is 24.3 Å². The molecule has 2 atom stereocenters. The highest BCUT2D eigenvalue weighted by Crippen LogP contribution is 2.28. The molecule has 0 aromatic heterocycles. The molecule has 0 aliphatic heterocycles. The molecule has 1 aromatic rings. The first-order valence-corrected chi connectivity index (χ1v) is 6.15. The lowest BCUT2D eigenvalue weighted by atomic mass is 9.82. The number of nitrogens with two attached hydrogens (primary N) is 1. The van der Waals surface area contributed by atoms with Crippen LogP contribution in [-0.4, -0.2) is 5.54 Å². The van der Waals surface area contributed by atoms with Crippen LogP contribution in [0.5, 0.6) is 0 Å². The van der Waals surface area contributed by atoms with Crippen molar-refractivity contribution in [2.24, 2.45) is 5.92 Å². The largest absolute Gasteiger partial charge is 0.399 e. The first-order chi connectivity index (χ1) is 7.51. The van der Waals surface area contributed by atoms with Crippen molar-refractivity contribution in [3.05, 3.63) is 24.3 Å². The van der Waals surface area contributed by atoms with Gasteiger partial charge in [-0.2, -0.15) is 0 Å². The molecule has 0 spiro atoms. The van der Waals surface area contributed by atoms with Crippen LogP contribution in [-0.2, 0) is 0 Å².